The molecule has 0 aromatic heterocycles. The minimum atomic E-state index is -0.790. The molecule has 0 atom stereocenters. The first kappa shape index (κ1) is 17.3. The Morgan fingerprint density at radius 2 is 1.73 bits per heavy atom. The van der Waals surface area contributed by atoms with Crippen LogP contribution in [-0.4, -0.2) is 5.75 Å². The maximum absolute atomic E-state index is 14.3. The Bertz CT molecular complexity index is 625. The zero-order chi connectivity index (χ0) is 16.5. The summed E-state index contributed by atoms with van der Waals surface area (Å²) in [6, 6.07) is 2.85. The van der Waals surface area contributed by atoms with Crippen LogP contribution >= 0.6 is 11.8 Å². The van der Waals surface area contributed by atoms with E-state index in [4.69, 9.17) is 0 Å². The second-order valence-corrected chi connectivity index (χ2v) is 8.19. The second kappa shape index (κ2) is 6.19. The highest BCUT2D eigenvalue weighted by molar-refractivity contribution is 8.02. The van der Waals surface area contributed by atoms with E-state index in [1.165, 1.54) is 6.07 Å². The third-order valence-corrected chi connectivity index (χ3v) is 6.28. The van der Waals surface area contributed by atoms with Crippen molar-refractivity contribution in [3.8, 4) is 0 Å². The van der Waals surface area contributed by atoms with E-state index in [9.17, 15) is 8.78 Å². The first-order chi connectivity index (χ1) is 10.2. The molecule has 1 heterocycles. The summed E-state index contributed by atoms with van der Waals surface area (Å²) in [4.78, 5) is 0. The van der Waals surface area contributed by atoms with Gasteiger partial charge >= 0.3 is 0 Å². The fraction of sp³-hybridized carbons (Fsp3) is 0.474. The highest BCUT2D eigenvalue weighted by atomic mass is 32.2. The lowest BCUT2D eigenvalue weighted by Gasteiger charge is -2.41. The lowest BCUT2D eigenvalue weighted by molar-refractivity contribution is 0.141. The van der Waals surface area contributed by atoms with Crippen LogP contribution in [0.4, 0.5) is 8.78 Å². The van der Waals surface area contributed by atoms with E-state index in [2.05, 4.69) is 27.7 Å². The third kappa shape index (κ3) is 3.29. The predicted octanol–water partition coefficient (Wildman–Crippen LogP) is 6.53. The molecular weight excluding hydrogens is 298 g/mol. The van der Waals surface area contributed by atoms with Gasteiger partial charge in [-0.15, -0.1) is 11.8 Å². The minimum Gasteiger partial charge on any atom is -0.204 e. The lowest BCUT2D eigenvalue weighted by atomic mass is 9.67. The van der Waals surface area contributed by atoms with Crippen LogP contribution in [0.15, 0.2) is 23.6 Å². The van der Waals surface area contributed by atoms with Crippen LogP contribution in [-0.2, 0) is 0 Å². The van der Waals surface area contributed by atoms with E-state index in [1.807, 2.05) is 24.5 Å². The Morgan fingerprint density at radius 1 is 1.05 bits per heavy atom. The zero-order valence-corrected chi connectivity index (χ0v) is 14.8. The number of hydrogen-bond donors (Lipinski definition) is 0. The van der Waals surface area contributed by atoms with Crippen molar-refractivity contribution in [1.82, 2.24) is 0 Å². The van der Waals surface area contributed by atoms with Gasteiger partial charge in [0.1, 0.15) is 0 Å². The molecule has 3 heteroatoms. The van der Waals surface area contributed by atoms with Crippen molar-refractivity contribution in [2.24, 2.45) is 10.8 Å². The molecule has 120 valence electrons. The first-order valence-electron chi connectivity index (χ1n) is 7.59. The molecule has 1 aromatic rings. The zero-order valence-electron chi connectivity index (χ0n) is 14.0. The van der Waals surface area contributed by atoms with Gasteiger partial charge in [0.2, 0.25) is 0 Å². The van der Waals surface area contributed by atoms with Gasteiger partial charge in [-0.25, -0.2) is 8.78 Å². The number of fused-ring (bicyclic) bond motifs is 1. The average molecular weight is 322 g/mol. The molecule has 1 aliphatic rings. The average Bonchev–Trinajstić information content (AvgIpc) is 2.45. The van der Waals surface area contributed by atoms with Crippen molar-refractivity contribution in [2.45, 2.75) is 41.0 Å². The van der Waals surface area contributed by atoms with Crippen molar-refractivity contribution in [2.75, 3.05) is 5.75 Å². The van der Waals surface area contributed by atoms with Gasteiger partial charge in [0, 0.05) is 11.3 Å². The quantitative estimate of drug-likeness (QED) is 0.523. The molecule has 22 heavy (non-hydrogen) atoms. The Morgan fingerprint density at radius 3 is 2.41 bits per heavy atom. The maximum atomic E-state index is 14.3. The van der Waals surface area contributed by atoms with Crippen molar-refractivity contribution in [1.29, 1.82) is 0 Å². The molecule has 0 unspecified atom stereocenters. The number of thioether (sulfide) groups is 1. The fourth-order valence-corrected chi connectivity index (χ4v) is 3.61. The number of halogens is 2. The molecule has 0 radical (unpaired) electrons. The summed E-state index contributed by atoms with van der Waals surface area (Å²) in [6.07, 6.45) is 4.77. The van der Waals surface area contributed by atoms with E-state index < -0.39 is 11.6 Å². The molecule has 0 aliphatic carbocycles. The molecule has 0 N–H and O–H groups in total. The molecule has 0 nitrogen and oxygen atoms in total. The fourth-order valence-electron chi connectivity index (χ4n) is 2.47. The largest absolute Gasteiger partial charge is 0.204 e. The summed E-state index contributed by atoms with van der Waals surface area (Å²) in [5.41, 5.74) is 2.13. The molecule has 0 amide bonds. The Balaban J connectivity index is 2.57. The van der Waals surface area contributed by atoms with E-state index in [0.29, 0.717) is 5.56 Å². The minimum absolute atomic E-state index is 0.0728. The standard InChI is InChI=1S/C19H24F2S/c1-13-8-10-18(2,3)19(4,5)12-22-11-9-14-6-7-15(20)17(21)16(13)14/h6-9,11H,10,12H2,1-5H3/b11-9+,13-8-. The third-order valence-electron chi connectivity index (χ3n) is 5.06. The number of rotatable bonds is 0. The van der Waals surface area contributed by atoms with Gasteiger partial charge < -0.3 is 0 Å². The van der Waals surface area contributed by atoms with Gasteiger partial charge in [-0.05, 0) is 52.9 Å². The van der Waals surface area contributed by atoms with Crippen LogP contribution in [0.2, 0.25) is 0 Å². The predicted molar refractivity (Wildman–Crippen MR) is 93.7 cm³/mol. The van der Waals surface area contributed by atoms with Crippen LogP contribution in [0.1, 0.15) is 52.2 Å². The Hall–Kier alpha value is -1.09. The van der Waals surface area contributed by atoms with Crippen LogP contribution in [0.5, 0.6) is 0 Å². The summed E-state index contributed by atoms with van der Waals surface area (Å²) >= 11 is 1.73. The molecule has 1 aromatic carbocycles. The highest BCUT2D eigenvalue weighted by Crippen LogP contribution is 2.45. The van der Waals surface area contributed by atoms with E-state index >= 15 is 0 Å². The number of benzene rings is 1. The molecule has 2 rings (SSSR count). The monoisotopic (exact) mass is 322 g/mol. The molecule has 0 bridgehead atoms. The van der Waals surface area contributed by atoms with Crippen LogP contribution in [0.25, 0.3) is 11.6 Å². The Labute approximate surface area is 136 Å². The molecule has 0 fully saturated rings. The molecular formula is C19H24F2S. The van der Waals surface area contributed by atoms with Gasteiger partial charge in [0.05, 0.1) is 0 Å². The van der Waals surface area contributed by atoms with Gasteiger partial charge in [-0.3, -0.25) is 0 Å². The summed E-state index contributed by atoms with van der Waals surface area (Å²) in [6.45, 7) is 10.9. The second-order valence-electron chi connectivity index (χ2n) is 7.30. The SMILES string of the molecule is C/C1=C/CC(C)(C)C(C)(C)CS/C=C/c2ccc(F)c(F)c21. The van der Waals surface area contributed by atoms with Crippen molar-refractivity contribution >= 4 is 23.4 Å². The molecule has 0 saturated carbocycles. The van der Waals surface area contributed by atoms with Crippen molar-refractivity contribution in [3.05, 3.63) is 46.4 Å². The molecule has 0 spiro atoms. The maximum Gasteiger partial charge on any atom is 0.166 e. The van der Waals surface area contributed by atoms with Crippen LogP contribution in [0.3, 0.4) is 0 Å². The Kier molecular flexibility index (Phi) is 4.86. The summed E-state index contributed by atoms with van der Waals surface area (Å²) in [7, 11) is 0. The highest BCUT2D eigenvalue weighted by Gasteiger charge is 2.36. The molecule has 1 aliphatic heterocycles. The summed E-state index contributed by atoms with van der Waals surface area (Å²) in [5.74, 6) is -0.554. The topological polar surface area (TPSA) is 0 Å². The van der Waals surface area contributed by atoms with Crippen molar-refractivity contribution in [3.63, 3.8) is 0 Å². The van der Waals surface area contributed by atoms with E-state index in [1.54, 1.807) is 17.8 Å². The lowest BCUT2D eigenvalue weighted by Crippen LogP contribution is -2.34. The normalized spacial score (nSPS) is 24.6. The van der Waals surface area contributed by atoms with Gasteiger partial charge in [-0.1, -0.05) is 39.8 Å². The van der Waals surface area contributed by atoms with Gasteiger partial charge in [0.15, 0.2) is 11.6 Å². The van der Waals surface area contributed by atoms with Crippen LogP contribution in [0, 0.1) is 22.5 Å². The first-order valence-corrected chi connectivity index (χ1v) is 8.64. The van der Waals surface area contributed by atoms with Crippen LogP contribution < -0.4 is 0 Å². The summed E-state index contributed by atoms with van der Waals surface area (Å²) in [5, 5.41) is 1.99. The van der Waals surface area contributed by atoms with Crippen molar-refractivity contribution < 1.29 is 8.78 Å². The van der Waals surface area contributed by atoms with Gasteiger partial charge in [0.25, 0.3) is 0 Å². The smallest absolute Gasteiger partial charge is 0.166 e. The van der Waals surface area contributed by atoms with E-state index in [-0.39, 0.29) is 10.8 Å². The van der Waals surface area contributed by atoms with Gasteiger partial charge in [-0.2, -0.15) is 0 Å². The number of allylic oxidation sites excluding steroid dienone is 2. The van der Waals surface area contributed by atoms with E-state index in [0.717, 1.165) is 23.3 Å². The number of hydrogen-bond acceptors (Lipinski definition) is 1. The molecule has 0 saturated heterocycles. The summed E-state index contributed by atoms with van der Waals surface area (Å²) < 4.78 is 27.9.